The SMILES string of the molecule is CC[C@H](NC(=O)Cn1nc(-c2ccc(F)cc2)oc1=O)c1ccc(Br)cc1. The van der Waals surface area contributed by atoms with Crippen LogP contribution >= 0.6 is 15.9 Å². The van der Waals surface area contributed by atoms with Gasteiger partial charge in [-0.3, -0.25) is 4.79 Å². The molecule has 0 radical (unpaired) electrons. The molecule has 2 aromatic carbocycles. The Bertz CT molecular complexity index is 981. The van der Waals surface area contributed by atoms with Gasteiger partial charge in [-0.15, -0.1) is 5.10 Å². The Balaban J connectivity index is 1.71. The predicted octanol–water partition coefficient (Wildman–Crippen LogP) is 3.67. The Hall–Kier alpha value is -2.74. The third-order valence-corrected chi connectivity index (χ3v) is 4.54. The summed E-state index contributed by atoms with van der Waals surface area (Å²) in [7, 11) is 0. The van der Waals surface area contributed by atoms with Crippen LogP contribution in [0.4, 0.5) is 4.39 Å². The lowest BCUT2D eigenvalue weighted by molar-refractivity contribution is -0.122. The summed E-state index contributed by atoms with van der Waals surface area (Å²) in [5, 5.41) is 6.90. The van der Waals surface area contributed by atoms with Gasteiger partial charge in [-0.1, -0.05) is 35.0 Å². The molecule has 27 heavy (non-hydrogen) atoms. The number of hydrogen-bond acceptors (Lipinski definition) is 4. The van der Waals surface area contributed by atoms with Gasteiger partial charge in [-0.25, -0.2) is 9.18 Å². The summed E-state index contributed by atoms with van der Waals surface area (Å²) in [6, 6.07) is 12.9. The summed E-state index contributed by atoms with van der Waals surface area (Å²) in [5.74, 6) is -1.47. The highest BCUT2D eigenvalue weighted by molar-refractivity contribution is 9.10. The molecule has 1 aromatic heterocycles. The van der Waals surface area contributed by atoms with E-state index in [0.29, 0.717) is 12.0 Å². The third kappa shape index (κ3) is 4.71. The number of nitrogens with one attached hydrogen (secondary N) is 1. The molecule has 0 saturated heterocycles. The zero-order valence-corrected chi connectivity index (χ0v) is 16.1. The van der Waals surface area contributed by atoms with Gasteiger partial charge in [-0.2, -0.15) is 4.68 Å². The first kappa shape index (κ1) is 19.0. The van der Waals surface area contributed by atoms with Gasteiger partial charge in [0.1, 0.15) is 12.4 Å². The standard InChI is InChI=1S/C19H17BrFN3O3/c1-2-16(12-3-7-14(20)8-4-12)22-17(25)11-24-19(26)27-18(23-24)13-5-9-15(21)10-6-13/h3-10,16H,2,11H2,1H3,(H,22,25)/t16-/m0/s1. The fourth-order valence-corrected chi connectivity index (χ4v) is 2.87. The van der Waals surface area contributed by atoms with E-state index in [1.54, 1.807) is 0 Å². The van der Waals surface area contributed by atoms with E-state index >= 15 is 0 Å². The molecule has 0 unspecified atom stereocenters. The zero-order chi connectivity index (χ0) is 19.4. The normalized spacial score (nSPS) is 12.0. The zero-order valence-electron chi connectivity index (χ0n) is 14.5. The van der Waals surface area contributed by atoms with Gasteiger partial charge in [0.05, 0.1) is 6.04 Å². The number of hydrogen-bond donors (Lipinski definition) is 1. The number of halogens is 2. The number of nitrogens with zero attached hydrogens (tertiary/aromatic N) is 2. The van der Waals surface area contributed by atoms with Crippen LogP contribution in [-0.4, -0.2) is 15.7 Å². The van der Waals surface area contributed by atoms with E-state index in [4.69, 9.17) is 4.42 Å². The molecule has 1 heterocycles. The van der Waals surface area contributed by atoms with Crippen molar-refractivity contribution in [2.75, 3.05) is 0 Å². The van der Waals surface area contributed by atoms with E-state index in [-0.39, 0.29) is 24.4 Å². The van der Waals surface area contributed by atoms with E-state index in [1.807, 2.05) is 31.2 Å². The number of carbonyl (C=O) groups excluding carboxylic acids is 1. The molecule has 0 aliphatic heterocycles. The minimum absolute atomic E-state index is 0.0350. The first-order valence-electron chi connectivity index (χ1n) is 8.35. The quantitative estimate of drug-likeness (QED) is 0.643. The van der Waals surface area contributed by atoms with Crippen LogP contribution in [0, 0.1) is 5.82 Å². The van der Waals surface area contributed by atoms with Crippen LogP contribution < -0.4 is 11.1 Å². The Morgan fingerprint density at radius 3 is 2.52 bits per heavy atom. The topological polar surface area (TPSA) is 77.1 Å². The predicted molar refractivity (Wildman–Crippen MR) is 101 cm³/mol. The molecule has 3 aromatic rings. The highest BCUT2D eigenvalue weighted by atomic mass is 79.9. The Kier molecular flexibility index (Phi) is 5.85. The number of rotatable bonds is 6. The lowest BCUT2D eigenvalue weighted by atomic mass is 10.0. The number of carbonyl (C=O) groups is 1. The summed E-state index contributed by atoms with van der Waals surface area (Å²) < 4.78 is 20.0. The first-order chi connectivity index (χ1) is 13.0. The van der Waals surface area contributed by atoms with E-state index in [1.165, 1.54) is 24.3 Å². The van der Waals surface area contributed by atoms with Crippen molar-refractivity contribution < 1.29 is 13.6 Å². The minimum atomic E-state index is -0.749. The molecule has 0 fully saturated rings. The molecule has 140 valence electrons. The smallest absolute Gasteiger partial charge is 0.388 e. The first-order valence-corrected chi connectivity index (χ1v) is 9.14. The highest BCUT2D eigenvalue weighted by Gasteiger charge is 2.16. The molecule has 0 aliphatic carbocycles. The largest absolute Gasteiger partial charge is 0.437 e. The highest BCUT2D eigenvalue weighted by Crippen LogP contribution is 2.19. The Labute approximate surface area is 163 Å². The molecule has 8 heteroatoms. The maximum Gasteiger partial charge on any atom is 0.437 e. The maximum atomic E-state index is 13.0. The molecular formula is C19H17BrFN3O3. The minimum Gasteiger partial charge on any atom is -0.388 e. The van der Waals surface area contributed by atoms with E-state index in [0.717, 1.165) is 14.7 Å². The van der Waals surface area contributed by atoms with Crippen molar-refractivity contribution in [1.29, 1.82) is 0 Å². The van der Waals surface area contributed by atoms with Crippen molar-refractivity contribution in [3.63, 3.8) is 0 Å². The molecule has 6 nitrogen and oxygen atoms in total. The summed E-state index contributed by atoms with van der Waals surface area (Å²) in [6.07, 6.45) is 0.696. The molecule has 1 atom stereocenters. The molecule has 0 aliphatic rings. The van der Waals surface area contributed by atoms with Gasteiger partial charge in [0.2, 0.25) is 11.8 Å². The van der Waals surface area contributed by atoms with Crippen molar-refractivity contribution in [3.05, 3.63) is 74.9 Å². The molecule has 1 N–H and O–H groups in total. The summed E-state index contributed by atoms with van der Waals surface area (Å²) >= 11 is 3.38. The van der Waals surface area contributed by atoms with Gasteiger partial charge in [-0.05, 0) is 48.4 Å². The second kappa shape index (κ2) is 8.30. The average molecular weight is 434 g/mol. The summed E-state index contributed by atoms with van der Waals surface area (Å²) in [4.78, 5) is 24.3. The monoisotopic (exact) mass is 433 g/mol. The Morgan fingerprint density at radius 2 is 1.89 bits per heavy atom. The van der Waals surface area contributed by atoms with Crippen LogP contribution in [0.5, 0.6) is 0 Å². The van der Waals surface area contributed by atoms with Crippen LogP contribution in [0.1, 0.15) is 24.9 Å². The molecular weight excluding hydrogens is 417 g/mol. The van der Waals surface area contributed by atoms with Crippen LogP contribution in [0.2, 0.25) is 0 Å². The van der Waals surface area contributed by atoms with E-state index in [2.05, 4.69) is 26.3 Å². The maximum absolute atomic E-state index is 13.0. The van der Waals surface area contributed by atoms with Gasteiger partial charge in [0.25, 0.3) is 0 Å². The second-order valence-electron chi connectivity index (χ2n) is 5.92. The van der Waals surface area contributed by atoms with Gasteiger partial charge >= 0.3 is 5.76 Å². The number of aromatic nitrogens is 2. The summed E-state index contributed by atoms with van der Waals surface area (Å²) in [5.41, 5.74) is 1.42. The number of benzene rings is 2. The van der Waals surface area contributed by atoms with Gasteiger partial charge in [0.15, 0.2) is 0 Å². The van der Waals surface area contributed by atoms with E-state index in [9.17, 15) is 14.0 Å². The Morgan fingerprint density at radius 1 is 1.22 bits per heavy atom. The fourth-order valence-electron chi connectivity index (χ4n) is 2.61. The summed E-state index contributed by atoms with van der Waals surface area (Å²) in [6.45, 7) is 1.69. The molecule has 1 amide bonds. The molecule has 0 bridgehead atoms. The molecule has 0 spiro atoms. The van der Waals surface area contributed by atoms with Gasteiger partial charge in [0, 0.05) is 10.0 Å². The van der Waals surface area contributed by atoms with Crippen molar-refractivity contribution >= 4 is 21.8 Å². The van der Waals surface area contributed by atoms with Crippen LogP contribution in [-0.2, 0) is 11.3 Å². The van der Waals surface area contributed by atoms with Crippen LogP contribution in [0.3, 0.4) is 0 Å². The third-order valence-electron chi connectivity index (χ3n) is 4.01. The second-order valence-corrected chi connectivity index (χ2v) is 6.83. The van der Waals surface area contributed by atoms with Crippen LogP contribution in [0.15, 0.2) is 62.2 Å². The van der Waals surface area contributed by atoms with Crippen molar-refractivity contribution in [3.8, 4) is 11.5 Å². The fraction of sp³-hybridized carbons (Fsp3) is 0.211. The number of amides is 1. The van der Waals surface area contributed by atoms with E-state index < -0.39 is 11.6 Å². The average Bonchev–Trinajstić information content (AvgIpc) is 3.01. The lowest BCUT2D eigenvalue weighted by Crippen LogP contribution is -2.34. The molecule has 3 rings (SSSR count). The van der Waals surface area contributed by atoms with Crippen molar-refractivity contribution in [2.45, 2.75) is 25.9 Å². The van der Waals surface area contributed by atoms with Crippen molar-refractivity contribution in [2.24, 2.45) is 0 Å². The lowest BCUT2D eigenvalue weighted by Gasteiger charge is -2.17. The van der Waals surface area contributed by atoms with Gasteiger partial charge < -0.3 is 9.73 Å². The van der Waals surface area contributed by atoms with Crippen molar-refractivity contribution in [1.82, 2.24) is 15.1 Å². The van der Waals surface area contributed by atoms with Crippen LogP contribution in [0.25, 0.3) is 11.5 Å². The molecule has 0 saturated carbocycles.